The summed E-state index contributed by atoms with van der Waals surface area (Å²) in [5, 5.41) is 3.31. The molecule has 0 aromatic carbocycles. The van der Waals surface area contributed by atoms with E-state index in [9.17, 15) is 8.42 Å². The van der Waals surface area contributed by atoms with Crippen LogP contribution in [0.25, 0.3) is 0 Å². The summed E-state index contributed by atoms with van der Waals surface area (Å²) in [5.41, 5.74) is 1.06. The van der Waals surface area contributed by atoms with Crippen molar-refractivity contribution in [2.75, 3.05) is 43.4 Å². The quantitative estimate of drug-likeness (QED) is 0.354. The number of rotatable bonds is 4. The van der Waals surface area contributed by atoms with E-state index in [2.05, 4.69) is 32.2 Å². The van der Waals surface area contributed by atoms with Crippen LogP contribution >= 0.6 is 24.0 Å². The summed E-state index contributed by atoms with van der Waals surface area (Å²) in [5.74, 6) is 1.98. The first-order chi connectivity index (χ1) is 13.8. The van der Waals surface area contributed by atoms with Crippen LogP contribution in [0, 0.1) is 0 Å². The van der Waals surface area contributed by atoms with Gasteiger partial charge in [-0.25, -0.2) is 18.4 Å². The zero-order chi connectivity index (χ0) is 20.9. The highest BCUT2D eigenvalue weighted by Crippen LogP contribution is 2.24. The Morgan fingerprint density at radius 3 is 2.43 bits per heavy atom. The lowest BCUT2D eigenvalue weighted by atomic mass is 10.2. The maximum absolute atomic E-state index is 12.3. The van der Waals surface area contributed by atoms with E-state index in [0.29, 0.717) is 19.6 Å². The third-order valence-electron chi connectivity index (χ3n) is 5.83. The molecule has 0 bridgehead atoms. The second kappa shape index (κ2) is 11.0. The molecule has 2 aliphatic heterocycles. The van der Waals surface area contributed by atoms with Gasteiger partial charge in [-0.3, -0.25) is 0 Å². The first kappa shape index (κ1) is 25.2. The van der Waals surface area contributed by atoms with Crippen molar-refractivity contribution in [1.82, 2.24) is 15.2 Å². The van der Waals surface area contributed by atoms with E-state index in [0.717, 1.165) is 37.0 Å². The number of aliphatic imine (C=N–C) groups is 1. The predicted molar refractivity (Wildman–Crippen MR) is 135 cm³/mol. The molecule has 3 heterocycles. The number of pyridine rings is 1. The molecular weight excluding hydrogens is 513 g/mol. The zero-order valence-corrected chi connectivity index (χ0v) is 21.6. The number of nitrogens with zero attached hydrogens (tertiary/aromatic N) is 4. The Balaban J connectivity index is 0.00000320. The highest BCUT2D eigenvalue weighted by molar-refractivity contribution is 14.0. The van der Waals surface area contributed by atoms with Gasteiger partial charge in [0.05, 0.1) is 17.0 Å². The molecule has 0 saturated carbocycles. The van der Waals surface area contributed by atoms with Crippen molar-refractivity contribution in [1.29, 1.82) is 0 Å². The Labute approximate surface area is 198 Å². The van der Waals surface area contributed by atoms with Gasteiger partial charge in [-0.1, -0.05) is 18.9 Å². The third kappa shape index (κ3) is 6.21. The third-order valence-corrected chi connectivity index (χ3v) is 8.36. The van der Waals surface area contributed by atoms with Gasteiger partial charge in [0.1, 0.15) is 5.82 Å². The van der Waals surface area contributed by atoms with Gasteiger partial charge in [0.15, 0.2) is 15.8 Å². The molecule has 1 aromatic heterocycles. The summed E-state index contributed by atoms with van der Waals surface area (Å²) in [4.78, 5) is 13.9. The molecule has 9 heteroatoms. The molecule has 0 spiro atoms. The number of nitrogens with one attached hydrogen (secondary N) is 1. The van der Waals surface area contributed by atoms with Gasteiger partial charge in [0, 0.05) is 38.9 Å². The molecule has 2 saturated heterocycles. The van der Waals surface area contributed by atoms with Crippen molar-refractivity contribution in [3.8, 4) is 0 Å². The summed E-state index contributed by atoms with van der Waals surface area (Å²) in [6, 6.07) is 4.20. The summed E-state index contributed by atoms with van der Waals surface area (Å²) in [6.07, 6.45) is 7.01. The molecule has 0 aliphatic carbocycles. The van der Waals surface area contributed by atoms with E-state index in [1.165, 1.54) is 25.7 Å². The van der Waals surface area contributed by atoms with Crippen LogP contribution in [0.15, 0.2) is 23.3 Å². The summed E-state index contributed by atoms with van der Waals surface area (Å²) in [6.45, 7) is 9.99. The lowest BCUT2D eigenvalue weighted by molar-refractivity contribution is 0.353. The van der Waals surface area contributed by atoms with E-state index in [4.69, 9.17) is 4.99 Å². The molecule has 0 unspecified atom stereocenters. The molecule has 3 rings (SSSR count). The number of sulfone groups is 1. The Bertz CT molecular complexity index is 803. The van der Waals surface area contributed by atoms with Crippen LogP contribution in [0.2, 0.25) is 0 Å². The smallest absolute Gasteiger partial charge is 0.194 e. The standard InChI is InChI=1S/C21H35N5O2S.HI/c1-4-22-20(26-13-14-29(27,28)21(2,3)17-26)24-16-18-9-10-19(23-15-18)25-11-7-5-6-8-12-25;/h9-10,15H,4-8,11-14,16-17H2,1-3H3,(H,22,24);1H. The van der Waals surface area contributed by atoms with Gasteiger partial charge in [-0.15, -0.1) is 24.0 Å². The van der Waals surface area contributed by atoms with Gasteiger partial charge >= 0.3 is 0 Å². The van der Waals surface area contributed by atoms with Crippen molar-refractivity contribution in [3.05, 3.63) is 23.9 Å². The minimum atomic E-state index is -3.07. The molecule has 0 radical (unpaired) electrons. The van der Waals surface area contributed by atoms with E-state index in [-0.39, 0.29) is 29.7 Å². The molecule has 2 aliphatic rings. The van der Waals surface area contributed by atoms with Crippen molar-refractivity contribution in [2.45, 2.75) is 57.7 Å². The normalized spacial score (nSPS) is 21.5. The number of anilines is 1. The van der Waals surface area contributed by atoms with Crippen molar-refractivity contribution >= 4 is 45.6 Å². The maximum Gasteiger partial charge on any atom is 0.194 e. The van der Waals surface area contributed by atoms with E-state index < -0.39 is 14.6 Å². The van der Waals surface area contributed by atoms with Crippen LogP contribution in [0.3, 0.4) is 0 Å². The number of halogens is 1. The molecule has 1 aromatic rings. The van der Waals surface area contributed by atoms with Crippen LogP contribution < -0.4 is 10.2 Å². The molecule has 2 fully saturated rings. The summed E-state index contributed by atoms with van der Waals surface area (Å²) < 4.78 is 23.8. The minimum Gasteiger partial charge on any atom is -0.357 e. The molecule has 0 atom stereocenters. The van der Waals surface area contributed by atoms with E-state index in [1.807, 2.05) is 13.1 Å². The molecular formula is C21H36IN5O2S. The Kier molecular flexibility index (Phi) is 9.20. The lowest BCUT2D eigenvalue weighted by Crippen LogP contribution is -2.57. The van der Waals surface area contributed by atoms with Gasteiger partial charge in [-0.05, 0) is 45.2 Å². The highest BCUT2D eigenvalue weighted by Gasteiger charge is 2.40. The van der Waals surface area contributed by atoms with Crippen molar-refractivity contribution in [2.24, 2.45) is 4.99 Å². The first-order valence-corrected chi connectivity index (χ1v) is 12.4. The number of hydrogen-bond donors (Lipinski definition) is 1. The Morgan fingerprint density at radius 2 is 1.87 bits per heavy atom. The maximum atomic E-state index is 12.3. The van der Waals surface area contributed by atoms with Crippen LogP contribution in [0.4, 0.5) is 5.82 Å². The fourth-order valence-electron chi connectivity index (χ4n) is 3.91. The summed E-state index contributed by atoms with van der Waals surface area (Å²) >= 11 is 0. The average Bonchev–Trinajstić information content (AvgIpc) is 2.97. The van der Waals surface area contributed by atoms with Crippen LogP contribution in [-0.2, 0) is 16.4 Å². The van der Waals surface area contributed by atoms with Crippen LogP contribution in [0.5, 0.6) is 0 Å². The summed E-state index contributed by atoms with van der Waals surface area (Å²) in [7, 11) is -3.07. The van der Waals surface area contributed by atoms with Crippen molar-refractivity contribution < 1.29 is 8.42 Å². The number of aromatic nitrogens is 1. The molecule has 170 valence electrons. The van der Waals surface area contributed by atoms with Crippen LogP contribution in [0.1, 0.15) is 52.0 Å². The zero-order valence-electron chi connectivity index (χ0n) is 18.4. The SMILES string of the molecule is CCNC(=NCc1ccc(N2CCCCCC2)nc1)N1CCS(=O)(=O)C(C)(C)C1.I. The minimum absolute atomic E-state index is 0. The van der Waals surface area contributed by atoms with Crippen molar-refractivity contribution in [3.63, 3.8) is 0 Å². The fourth-order valence-corrected chi connectivity index (χ4v) is 5.28. The van der Waals surface area contributed by atoms with E-state index in [1.54, 1.807) is 13.8 Å². The molecule has 0 amide bonds. The second-order valence-corrected chi connectivity index (χ2v) is 11.3. The Hall–Kier alpha value is -1.10. The topological polar surface area (TPSA) is 77.9 Å². The van der Waals surface area contributed by atoms with Gasteiger partial charge in [-0.2, -0.15) is 0 Å². The van der Waals surface area contributed by atoms with E-state index >= 15 is 0 Å². The highest BCUT2D eigenvalue weighted by atomic mass is 127. The fraction of sp³-hybridized carbons (Fsp3) is 0.714. The van der Waals surface area contributed by atoms with Crippen LogP contribution in [-0.4, -0.2) is 67.5 Å². The monoisotopic (exact) mass is 549 g/mol. The predicted octanol–water partition coefficient (Wildman–Crippen LogP) is 3.05. The largest absolute Gasteiger partial charge is 0.357 e. The molecule has 7 nitrogen and oxygen atoms in total. The lowest BCUT2D eigenvalue weighted by Gasteiger charge is -2.39. The Morgan fingerprint density at radius 1 is 1.17 bits per heavy atom. The molecule has 1 N–H and O–H groups in total. The van der Waals surface area contributed by atoms with Gasteiger partial charge in [0.25, 0.3) is 0 Å². The van der Waals surface area contributed by atoms with Gasteiger partial charge < -0.3 is 15.1 Å². The average molecular weight is 550 g/mol. The first-order valence-electron chi connectivity index (χ1n) is 10.8. The molecule has 30 heavy (non-hydrogen) atoms. The number of guanidine groups is 1. The van der Waals surface area contributed by atoms with Gasteiger partial charge in [0.2, 0.25) is 0 Å². The second-order valence-electron chi connectivity index (χ2n) is 8.60. The number of hydrogen-bond acceptors (Lipinski definition) is 5.